The van der Waals surface area contributed by atoms with Crippen LogP contribution >= 0.6 is 0 Å². The van der Waals surface area contributed by atoms with Crippen LogP contribution in [0.15, 0.2) is 80.2 Å². The van der Waals surface area contributed by atoms with Crippen LogP contribution in [0.1, 0.15) is 11.1 Å². The van der Waals surface area contributed by atoms with Crippen molar-refractivity contribution in [3.05, 3.63) is 97.7 Å². The molecule has 0 fully saturated rings. The summed E-state index contributed by atoms with van der Waals surface area (Å²) < 4.78 is 38.7. The van der Waals surface area contributed by atoms with E-state index < -0.39 is 36.9 Å². The van der Waals surface area contributed by atoms with Gasteiger partial charge in [0.05, 0.1) is 13.7 Å². The maximum atomic E-state index is 13.3. The number of carbonyl (C=O) groups is 1. The van der Waals surface area contributed by atoms with Gasteiger partial charge in [0, 0.05) is 13.2 Å². The lowest BCUT2D eigenvalue weighted by molar-refractivity contribution is -0.139. The molecule has 1 aliphatic heterocycles. The van der Waals surface area contributed by atoms with E-state index in [4.69, 9.17) is 9.47 Å². The minimum absolute atomic E-state index is 0.130. The molecule has 11 heteroatoms. The molecule has 0 spiro atoms. The summed E-state index contributed by atoms with van der Waals surface area (Å²) in [6.07, 6.45) is 0.923. The molecule has 0 radical (unpaired) electrons. The zero-order valence-corrected chi connectivity index (χ0v) is 19.2. The molecule has 1 aromatic heterocycles. The molecule has 2 heterocycles. The topological polar surface area (TPSA) is 126 Å². The molecule has 2 aromatic carbocycles. The van der Waals surface area contributed by atoms with Crippen LogP contribution in [0.5, 0.6) is 5.75 Å². The zero-order valence-electron chi connectivity index (χ0n) is 18.3. The predicted octanol–water partition coefficient (Wildman–Crippen LogP) is 1.39. The van der Waals surface area contributed by atoms with Crippen molar-refractivity contribution >= 4 is 21.6 Å². The summed E-state index contributed by atoms with van der Waals surface area (Å²) in [6.45, 7) is -0.338. The van der Waals surface area contributed by atoms with E-state index >= 15 is 0 Å². The fourth-order valence-electron chi connectivity index (χ4n) is 3.52. The lowest BCUT2D eigenvalue weighted by Crippen LogP contribution is -2.44. The zero-order chi connectivity index (χ0) is 24.5. The molecule has 0 saturated heterocycles. The first kappa shape index (κ1) is 23.1. The van der Waals surface area contributed by atoms with Crippen LogP contribution in [0.25, 0.3) is 0 Å². The van der Waals surface area contributed by atoms with Crippen molar-refractivity contribution in [1.82, 2.24) is 9.13 Å². The van der Waals surface area contributed by atoms with Gasteiger partial charge >= 0.3 is 11.7 Å². The molecule has 10 nitrogen and oxygen atoms in total. The van der Waals surface area contributed by atoms with Crippen LogP contribution in [0.2, 0.25) is 0 Å². The van der Waals surface area contributed by atoms with Crippen molar-refractivity contribution in [3.8, 4) is 5.75 Å². The monoisotopic (exact) mass is 483 g/mol. The van der Waals surface area contributed by atoms with Gasteiger partial charge in [0.25, 0.3) is 5.56 Å². The van der Waals surface area contributed by atoms with Gasteiger partial charge in [0.1, 0.15) is 18.2 Å². The van der Waals surface area contributed by atoms with Crippen LogP contribution in [0.3, 0.4) is 0 Å². The number of methoxy groups -OCH3 is 1. The number of sulfone groups is 1. The van der Waals surface area contributed by atoms with Gasteiger partial charge in [0.2, 0.25) is 9.84 Å². The lowest BCUT2D eigenvalue weighted by Gasteiger charge is -2.21. The SMILES string of the molecule is COc1cccc(COC(=O)C2=CNc3c(c(=O)n(Cc4ccccc4)c(=O)n3C)S2(=O)=O)c1. The highest BCUT2D eigenvalue weighted by Crippen LogP contribution is 2.28. The predicted molar refractivity (Wildman–Crippen MR) is 123 cm³/mol. The number of rotatable bonds is 6. The first-order valence-corrected chi connectivity index (χ1v) is 11.6. The second kappa shape index (κ2) is 9.02. The average molecular weight is 484 g/mol. The van der Waals surface area contributed by atoms with Gasteiger partial charge in [-0.2, -0.15) is 0 Å². The Kier molecular flexibility index (Phi) is 6.12. The van der Waals surface area contributed by atoms with Gasteiger partial charge in [-0.3, -0.25) is 13.9 Å². The van der Waals surface area contributed by atoms with Crippen LogP contribution < -0.4 is 21.3 Å². The molecule has 0 aliphatic carbocycles. The summed E-state index contributed by atoms with van der Waals surface area (Å²) >= 11 is 0. The van der Waals surface area contributed by atoms with Gasteiger partial charge in [0.15, 0.2) is 9.80 Å². The molecule has 4 rings (SSSR count). The molecule has 176 valence electrons. The number of benzene rings is 2. The van der Waals surface area contributed by atoms with E-state index in [1.165, 1.54) is 14.2 Å². The van der Waals surface area contributed by atoms with Gasteiger partial charge in [-0.1, -0.05) is 42.5 Å². The Labute approximate surface area is 194 Å². The Bertz CT molecular complexity index is 1520. The van der Waals surface area contributed by atoms with Crippen molar-refractivity contribution in [1.29, 1.82) is 0 Å². The number of hydrogen-bond donors (Lipinski definition) is 1. The van der Waals surface area contributed by atoms with E-state index in [0.717, 1.165) is 15.3 Å². The minimum atomic E-state index is -4.58. The third-order valence-corrected chi connectivity index (χ3v) is 7.06. The summed E-state index contributed by atoms with van der Waals surface area (Å²) in [4.78, 5) is 37.2. The Morgan fingerprint density at radius 1 is 1.03 bits per heavy atom. The van der Waals surface area contributed by atoms with Crippen molar-refractivity contribution in [3.63, 3.8) is 0 Å². The fourth-order valence-corrected chi connectivity index (χ4v) is 5.02. The maximum Gasteiger partial charge on any atom is 0.352 e. The van der Waals surface area contributed by atoms with Crippen molar-refractivity contribution in [2.75, 3.05) is 12.4 Å². The molecule has 3 aromatic rings. The number of esters is 1. The molecular weight excluding hydrogens is 462 g/mol. The number of nitrogens with zero attached hydrogens (tertiary/aromatic N) is 2. The molecule has 1 aliphatic rings. The lowest BCUT2D eigenvalue weighted by atomic mass is 10.2. The third-order valence-electron chi connectivity index (χ3n) is 5.29. The summed E-state index contributed by atoms with van der Waals surface area (Å²) in [5.41, 5.74) is -0.507. The Balaban J connectivity index is 1.68. The van der Waals surface area contributed by atoms with Gasteiger partial charge in [-0.25, -0.2) is 18.0 Å². The van der Waals surface area contributed by atoms with Gasteiger partial charge in [-0.05, 0) is 23.3 Å². The van der Waals surface area contributed by atoms with E-state index in [0.29, 0.717) is 16.9 Å². The van der Waals surface area contributed by atoms with Gasteiger partial charge in [-0.15, -0.1) is 0 Å². The highest BCUT2D eigenvalue weighted by molar-refractivity contribution is 7.96. The van der Waals surface area contributed by atoms with Crippen LogP contribution in [-0.4, -0.2) is 30.6 Å². The quantitative estimate of drug-likeness (QED) is 0.522. The van der Waals surface area contributed by atoms with E-state index in [1.807, 2.05) is 0 Å². The van der Waals surface area contributed by atoms with E-state index in [-0.39, 0.29) is 19.0 Å². The molecule has 0 amide bonds. The number of ether oxygens (including phenoxy) is 2. The Hall–Kier alpha value is -4.12. The van der Waals surface area contributed by atoms with Crippen molar-refractivity contribution in [2.45, 2.75) is 18.0 Å². The molecule has 0 bridgehead atoms. The average Bonchev–Trinajstić information content (AvgIpc) is 2.83. The number of hydrogen-bond acceptors (Lipinski definition) is 8. The highest BCUT2D eigenvalue weighted by Gasteiger charge is 2.38. The molecular formula is C23H21N3O7S. The number of carbonyl (C=O) groups excluding carboxylic acids is 1. The maximum absolute atomic E-state index is 13.3. The number of anilines is 1. The summed E-state index contributed by atoms with van der Waals surface area (Å²) in [5.74, 6) is -0.805. The molecule has 34 heavy (non-hydrogen) atoms. The second-order valence-electron chi connectivity index (χ2n) is 7.48. The van der Waals surface area contributed by atoms with Crippen LogP contribution in [0, 0.1) is 0 Å². The van der Waals surface area contributed by atoms with Crippen LogP contribution in [-0.2, 0) is 39.6 Å². The Morgan fingerprint density at radius 3 is 2.44 bits per heavy atom. The fraction of sp³-hybridized carbons (Fsp3) is 0.174. The number of nitrogens with one attached hydrogen (secondary N) is 1. The number of aromatic nitrogens is 2. The standard InChI is InChI=1S/C23H21N3O7S/c1-25-20-19(21(27)26(23(25)29)13-15-7-4-3-5-8-15)34(30,31)18(12-24-20)22(28)33-14-16-9-6-10-17(11-16)32-2/h3-12,24H,13-14H2,1-2H3. The van der Waals surface area contributed by atoms with Crippen molar-refractivity contribution < 1.29 is 22.7 Å². The summed E-state index contributed by atoms with van der Waals surface area (Å²) in [6, 6.07) is 15.4. The van der Waals surface area contributed by atoms with Gasteiger partial charge < -0.3 is 14.8 Å². The number of fused-ring (bicyclic) bond motifs is 1. The van der Waals surface area contributed by atoms with Crippen molar-refractivity contribution in [2.24, 2.45) is 7.05 Å². The second-order valence-corrected chi connectivity index (χ2v) is 9.34. The van der Waals surface area contributed by atoms with E-state index in [9.17, 15) is 22.8 Å². The molecule has 0 saturated carbocycles. The summed E-state index contributed by atoms with van der Waals surface area (Å²) in [7, 11) is -1.75. The smallest absolute Gasteiger partial charge is 0.352 e. The molecule has 0 unspecified atom stereocenters. The third kappa shape index (κ3) is 4.13. The Morgan fingerprint density at radius 2 is 1.74 bits per heavy atom. The molecule has 1 N–H and O–H groups in total. The molecule has 0 atom stereocenters. The summed E-state index contributed by atoms with van der Waals surface area (Å²) in [5, 5.41) is 2.59. The van der Waals surface area contributed by atoms with Crippen LogP contribution in [0.4, 0.5) is 5.82 Å². The normalized spacial score (nSPS) is 13.9. The minimum Gasteiger partial charge on any atom is -0.497 e. The first-order chi connectivity index (χ1) is 16.2. The first-order valence-electron chi connectivity index (χ1n) is 10.1. The largest absolute Gasteiger partial charge is 0.497 e. The van der Waals surface area contributed by atoms with E-state index in [2.05, 4.69) is 5.32 Å². The van der Waals surface area contributed by atoms with E-state index in [1.54, 1.807) is 54.6 Å². The highest BCUT2D eigenvalue weighted by atomic mass is 32.2.